The van der Waals surface area contributed by atoms with Crippen molar-refractivity contribution in [3.8, 4) is 0 Å². The van der Waals surface area contributed by atoms with Crippen molar-refractivity contribution in [2.45, 2.75) is 77.7 Å². The molecule has 0 aromatic heterocycles. The molecule has 2 atom stereocenters. The highest BCUT2D eigenvalue weighted by molar-refractivity contribution is 4.61. The lowest BCUT2D eigenvalue weighted by atomic mass is 10.1. The lowest BCUT2D eigenvalue weighted by Gasteiger charge is -2.20. The average Bonchev–Trinajstić information content (AvgIpc) is 2.80. The molecule has 2 unspecified atom stereocenters. The van der Waals surface area contributed by atoms with E-state index in [-0.39, 0.29) is 0 Å². The summed E-state index contributed by atoms with van der Waals surface area (Å²) < 4.78 is 0. The Morgan fingerprint density at radius 2 is 1.76 bits per heavy atom. The normalized spacial score (nSPS) is 23.1. The van der Waals surface area contributed by atoms with Crippen LogP contribution in [0, 0.1) is 11.8 Å². The zero-order valence-electron chi connectivity index (χ0n) is 11.8. The van der Waals surface area contributed by atoms with E-state index in [1.807, 2.05) is 4.90 Å². The van der Waals surface area contributed by atoms with Crippen molar-refractivity contribution in [3.05, 3.63) is 6.57 Å². The minimum atomic E-state index is 1.01. The van der Waals surface area contributed by atoms with E-state index < -0.39 is 0 Å². The summed E-state index contributed by atoms with van der Waals surface area (Å²) in [5.41, 5.74) is 0. The average molecular weight is 238 g/mol. The number of nitrogens with one attached hydrogen (secondary N) is 1. The van der Waals surface area contributed by atoms with E-state index in [1.54, 1.807) is 0 Å². The van der Waals surface area contributed by atoms with Crippen LogP contribution in [0.2, 0.25) is 0 Å². The summed E-state index contributed by atoms with van der Waals surface area (Å²) in [4.78, 5) is 1.92. The van der Waals surface area contributed by atoms with Crippen molar-refractivity contribution < 1.29 is 4.90 Å². The van der Waals surface area contributed by atoms with E-state index in [2.05, 4.69) is 13.8 Å². The lowest BCUT2D eigenvalue weighted by molar-refractivity contribution is -0.912. The summed E-state index contributed by atoms with van der Waals surface area (Å²) in [5.74, 6) is 0. The van der Waals surface area contributed by atoms with Crippen molar-refractivity contribution in [2.75, 3.05) is 13.1 Å². The fourth-order valence-electron chi connectivity index (χ4n) is 2.97. The molecule has 0 aromatic rings. The standard InChI is InChI=1S/C14H29N.CN/c1-3-5-6-7-8-12-15-13-9-11-14(15)10-4-2;1-2/h14H,3-13H2,1-2H3;/q;-1/p+1. The summed E-state index contributed by atoms with van der Waals surface area (Å²) in [5, 5.41) is 6.25. The van der Waals surface area contributed by atoms with Gasteiger partial charge in [-0.3, -0.25) is 0 Å². The van der Waals surface area contributed by atoms with Gasteiger partial charge in [-0.05, 0) is 19.3 Å². The van der Waals surface area contributed by atoms with E-state index >= 15 is 0 Å². The molecule has 0 saturated carbocycles. The highest BCUT2D eigenvalue weighted by atomic mass is 15.2. The Labute approximate surface area is 108 Å². The molecule has 0 spiro atoms. The molecule has 0 bridgehead atoms. The van der Waals surface area contributed by atoms with Gasteiger partial charge in [-0.25, -0.2) is 0 Å². The zero-order valence-corrected chi connectivity index (χ0v) is 11.8. The molecule has 1 aliphatic rings. The van der Waals surface area contributed by atoms with Gasteiger partial charge in [0.05, 0.1) is 19.1 Å². The van der Waals surface area contributed by atoms with Gasteiger partial charge in [-0.2, -0.15) is 0 Å². The van der Waals surface area contributed by atoms with Crippen LogP contribution in [0.15, 0.2) is 0 Å². The Morgan fingerprint density at radius 1 is 1.06 bits per heavy atom. The second-order valence-electron chi connectivity index (χ2n) is 5.20. The molecule has 1 aliphatic heterocycles. The number of quaternary nitrogens is 1. The van der Waals surface area contributed by atoms with Gasteiger partial charge in [0, 0.05) is 12.8 Å². The van der Waals surface area contributed by atoms with Crippen LogP contribution in [-0.4, -0.2) is 19.1 Å². The highest BCUT2D eigenvalue weighted by Crippen LogP contribution is 2.07. The Kier molecular flexibility index (Phi) is 11.5. The van der Waals surface area contributed by atoms with E-state index in [1.165, 1.54) is 70.9 Å². The summed E-state index contributed by atoms with van der Waals surface area (Å²) in [6.07, 6.45) is 13.0. The lowest BCUT2D eigenvalue weighted by Crippen LogP contribution is -3.13. The molecule has 1 rings (SSSR count). The molecule has 0 radical (unpaired) electrons. The summed E-state index contributed by atoms with van der Waals surface area (Å²) in [6.45, 7) is 12.3. The maximum atomic E-state index is 6.25. The first kappa shape index (κ1) is 16.4. The number of hydrogen-bond acceptors (Lipinski definition) is 1. The Morgan fingerprint density at radius 3 is 2.41 bits per heavy atom. The molecule has 100 valence electrons. The van der Waals surface area contributed by atoms with Crippen LogP contribution in [-0.2, 0) is 0 Å². The predicted molar refractivity (Wildman–Crippen MR) is 72.4 cm³/mol. The molecule has 1 heterocycles. The Balaban J connectivity index is 0.00000121. The molecule has 1 fully saturated rings. The molecule has 1 saturated heterocycles. The van der Waals surface area contributed by atoms with Crippen molar-refractivity contribution in [1.29, 1.82) is 5.26 Å². The maximum Gasteiger partial charge on any atom is 0.0876 e. The molecule has 17 heavy (non-hydrogen) atoms. The number of unbranched alkanes of at least 4 members (excludes halogenated alkanes) is 4. The first-order valence-electron chi connectivity index (χ1n) is 7.45. The quantitative estimate of drug-likeness (QED) is 0.511. The second kappa shape index (κ2) is 11.9. The van der Waals surface area contributed by atoms with Gasteiger partial charge in [0.2, 0.25) is 0 Å². The van der Waals surface area contributed by atoms with Gasteiger partial charge in [0.15, 0.2) is 0 Å². The topological polar surface area (TPSA) is 28.2 Å². The van der Waals surface area contributed by atoms with Crippen molar-refractivity contribution >= 4 is 0 Å². The first-order chi connectivity index (χ1) is 8.38. The third kappa shape index (κ3) is 7.39. The fourth-order valence-corrected chi connectivity index (χ4v) is 2.97. The van der Waals surface area contributed by atoms with Gasteiger partial charge >= 0.3 is 0 Å². The van der Waals surface area contributed by atoms with Gasteiger partial charge in [0.25, 0.3) is 0 Å². The van der Waals surface area contributed by atoms with Crippen LogP contribution in [0.25, 0.3) is 0 Å². The smallest absolute Gasteiger partial charge is 0.0876 e. The van der Waals surface area contributed by atoms with E-state index in [0.717, 1.165) is 6.04 Å². The summed E-state index contributed by atoms with van der Waals surface area (Å²) in [6, 6.07) is 1.01. The van der Waals surface area contributed by atoms with Crippen LogP contribution < -0.4 is 4.90 Å². The monoisotopic (exact) mass is 238 g/mol. The molecular formula is C15H30N2. The molecule has 0 aromatic carbocycles. The minimum Gasteiger partial charge on any atom is -0.512 e. The van der Waals surface area contributed by atoms with Crippen molar-refractivity contribution in [1.82, 2.24) is 0 Å². The van der Waals surface area contributed by atoms with Crippen LogP contribution in [0.3, 0.4) is 0 Å². The number of rotatable bonds is 8. The molecule has 0 amide bonds. The van der Waals surface area contributed by atoms with Gasteiger partial charge < -0.3 is 16.7 Å². The minimum absolute atomic E-state index is 1.01. The van der Waals surface area contributed by atoms with Crippen LogP contribution >= 0.6 is 0 Å². The first-order valence-corrected chi connectivity index (χ1v) is 7.45. The highest BCUT2D eigenvalue weighted by Gasteiger charge is 2.26. The molecule has 2 nitrogen and oxygen atoms in total. The number of hydrogen-bond donors (Lipinski definition) is 1. The van der Waals surface area contributed by atoms with E-state index in [4.69, 9.17) is 11.8 Å². The Bertz CT molecular complexity index is 177. The third-order valence-electron chi connectivity index (χ3n) is 3.87. The van der Waals surface area contributed by atoms with Crippen molar-refractivity contribution in [3.63, 3.8) is 0 Å². The fraction of sp³-hybridized carbons (Fsp3) is 0.933. The molecule has 1 N–H and O–H groups in total. The number of likely N-dealkylation sites (tertiary alicyclic amines) is 1. The number of nitrogens with zero attached hydrogens (tertiary/aromatic N) is 1. The van der Waals surface area contributed by atoms with Gasteiger partial charge in [-0.1, -0.05) is 39.5 Å². The maximum absolute atomic E-state index is 6.25. The summed E-state index contributed by atoms with van der Waals surface area (Å²) >= 11 is 0. The summed E-state index contributed by atoms with van der Waals surface area (Å²) in [7, 11) is 0. The molecule has 0 aliphatic carbocycles. The van der Waals surface area contributed by atoms with Crippen LogP contribution in [0.5, 0.6) is 0 Å². The van der Waals surface area contributed by atoms with Gasteiger partial charge in [0.1, 0.15) is 0 Å². The SMILES string of the molecule is CCCCCCC[NH+]1CCCC1CCC.[C-]#N. The van der Waals surface area contributed by atoms with E-state index in [9.17, 15) is 0 Å². The van der Waals surface area contributed by atoms with Crippen LogP contribution in [0.1, 0.15) is 71.6 Å². The zero-order chi connectivity index (χ0) is 12.9. The molecule has 2 heteroatoms. The largest absolute Gasteiger partial charge is 0.512 e. The third-order valence-corrected chi connectivity index (χ3v) is 3.87. The van der Waals surface area contributed by atoms with E-state index in [0.29, 0.717) is 0 Å². The second-order valence-corrected chi connectivity index (χ2v) is 5.20. The van der Waals surface area contributed by atoms with Crippen LogP contribution in [0.4, 0.5) is 0 Å². The van der Waals surface area contributed by atoms with Crippen molar-refractivity contribution in [2.24, 2.45) is 0 Å². The van der Waals surface area contributed by atoms with Gasteiger partial charge in [-0.15, -0.1) is 0 Å². The Hall–Kier alpha value is -0.550. The predicted octanol–water partition coefficient (Wildman–Crippen LogP) is 2.90. The molecular weight excluding hydrogens is 208 g/mol.